The standard InChI is InChI=1S/C17H14N2O4S/c1-22-16-8-3-2-7-15(16)17-18-12(11-24-17)10-23-14-6-4-5-13(9-14)19(20)21/h2-9,11H,10H2,1H3. The Hall–Kier alpha value is -2.93. The first-order chi connectivity index (χ1) is 11.7. The van der Waals surface area contributed by atoms with E-state index >= 15 is 0 Å². The monoisotopic (exact) mass is 342 g/mol. The molecule has 7 heteroatoms. The van der Waals surface area contributed by atoms with E-state index in [9.17, 15) is 10.1 Å². The van der Waals surface area contributed by atoms with E-state index in [0.717, 1.165) is 22.0 Å². The summed E-state index contributed by atoms with van der Waals surface area (Å²) in [6.07, 6.45) is 0. The zero-order valence-corrected chi connectivity index (χ0v) is 13.7. The fraction of sp³-hybridized carbons (Fsp3) is 0.118. The van der Waals surface area contributed by atoms with Crippen LogP contribution in [0.25, 0.3) is 10.6 Å². The minimum Gasteiger partial charge on any atom is -0.496 e. The van der Waals surface area contributed by atoms with Crippen LogP contribution in [0.5, 0.6) is 11.5 Å². The summed E-state index contributed by atoms with van der Waals surface area (Å²) in [6, 6.07) is 13.8. The van der Waals surface area contributed by atoms with Gasteiger partial charge in [0.05, 0.1) is 29.4 Å². The van der Waals surface area contributed by atoms with Gasteiger partial charge in [0.1, 0.15) is 23.1 Å². The lowest BCUT2D eigenvalue weighted by molar-refractivity contribution is -0.384. The number of thiazole rings is 1. The Morgan fingerprint density at radius 1 is 1.21 bits per heavy atom. The van der Waals surface area contributed by atoms with E-state index < -0.39 is 4.92 Å². The van der Waals surface area contributed by atoms with Crippen molar-refractivity contribution in [1.82, 2.24) is 4.98 Å². The number of nitrogens with zero attached hydrogens (tertiary/aromatic N) is 2. The summed E-state index contributed by atoms with van der Waals surface area (Å²) >= 11 is 1.50. The molecule has 0 bridgehead atoms. The van der Waals surface area contributed by atoms with Gasteiger partial charge in [-0.25, -0.2) is 4.98 Å². The van der Waals surface area contributed by atoms with Crippen LogP contribution in [-0.4, -0.2) is 17.0 Å². The van der Waals surface area contributed by atoms with Crippen molar-refractivity contribution < 1.29 is 14.4 Å². The molecular weight excluding hydrogens is 328 g/mol. The molecule has 1 aromatic heterocycles. The quantitative estimate of drug-likeness (QED) is 0.493. The van der Waals surface area contributed by atoms with Gasteiger partial charge in [-0.1, -0.05) is 18.2 Å². The molecule has 0 saturated heterocycles. The lowest BCUT2D eigenvalue weighted by atomic mass is 10.2. The van der Waals surface area contributed by atoms with Crippen molar-refractivity contribution in [2.45, 2.75) is 6.61 Å². The second-order valence-corrected chi connectivity index (χ2v) is 5.75. The van der Waals surface area contributed by atoms with E-state index in [4.69, 9.17) is 9.47 Å². The highest BCUT2D eigenvalue weighted by atomic mass is 32.1. The lowest BCUT2D eigenvalue weighted by Crippen LogP contribution is -1.97. The van der Waals surface area contributed by atoms with Crippen LogP contribution >= 0.6 is 11.3 Å². The van der Waals surface area contributed by atoms with Crippen molar-refractivity contribution in [2.75, 3.05) is 7.11 Å². The van der Waals surface area contributed by atoms with Gasteiger partial charge in [0.25, 0.3) is 5.69 Å². The number of benzene rings is 2. The molecule has 122 valence electrons. The van der Waals surface area contributed by atoms with E-state index in [1.807, 2.05) is 29.6 Å². The maximum atomic E-state index is 10.8. The molecule has 0 unspecified atom stereocenters. The second-order valence-electron chi connectivity index (χ2n) is 4.89. The van der Waals surface area contributed by atoms with E-state index in [1.54, 1.807) is 19.2 Å². The van der Waals surface area contributed by atoms with Crippen LogP contribution in [0, 0.1) is 10.1 Å². The van der Waals surface area contributed by atoms with Gasteiger partial charge in [0.15, 0.2) is 0 Å². The summed E-state index contributed by atoms with van der Waals surface area (Å²) in [5.74, 6) is 1.20. The van der Waals surface area contributed by atoms with Crippen LogP contribution in [0.1, 0.15) is 5.69 Å². The molecule has 6 nitrogen and oxygen atoms in total. The Kier molecular flexibility index (Phi) is 4.72. The number of para-hydroxylation sites is 1. The molecule has 0 aliphatic carbocycles. The van der Waals surface area contributed by atoms with E-state index in [2.05, 4.69) is 4.98 Å². The Balaban J connectivity index is 1.73. The van der Waals surface area contributed by atoms with Gasteiger partial charge in [-0.2, -0.15) is 0 Å². The molecule has 0 saturated carbocycles. The predicted octanol–water partition coefficient (Wildman–Crippen LogP) is 4.31. The molecule has 3 aromatic rings. The lowest BCUT2D eigenvalue weighted by Gasteiger charge is -2.05. The number of nitro groups is 1. The normalized spacial score (nSPS) is 10.4. The van der Waals surface area contributed by atoms with Gasteiger partial charge >= 0.3 is 0 Å². The molecule has 0 radical (unpaired) electrons. The molecule has 0 aliphatic heterocycles. The third-order valence-electron chi connectivity index (χ3n) is 3.30. The zero-order valence-electron chi connectivity index (χ0n) is 12.8. The molecule has 0 fully saturated rings. The summed E-state index contributed by atoms with van der Waals surface area (Å²) in [7, 11) is 1.62. The number of hydrogen-bond donors (Lipinski definition) is 0. The van der Waals surface area contributed by atoms with Crippen molar-refractivity contribution in [2.24, 2.45) is 0 Å². The number of aromatic nitrogens is 1. The minimum absolute atomic E-state index is 0.000453. The van der Waals surface area contributed by atoms with Gasteiger partial charge in [-0.15, -0.1) is 11.3 Å². The van der Waals surface area contributed by atoms with Gasteiger partial charge < -0.3 is 9.47 Å². The van der Waals surface area contributed by atoms with Crippen molar-refractivity contribution >= 4 is 17.0 Å². The highest BCUT2D eigenvalue weighted by molar-refractivity contribution is 7.13. The Labute approximate surface area is 142 Å². The number of non-ortho nitro benzene ring substituents is 1. The summed E-state index contributed by atoms with van der Waals surface area (Å²) in [4.78, 5) is 14.9. The van der Waals surface area contributed by atoms with Gasteiger partial charge in [-0.3, -0.25) is 10.1 Å². The first kappa shape index (κ1) is 15.9. The van der Waals surface area contributed by atoms with Crippen molar-refractivity contribution in [3.63, 3.8) is 0 Å². The molecule has 0 atom stereocenters. The fourth-order valence-electron chi connectivity index (χ4n) is 2.16. The van der Waals surface area contributed by atoms with Crippen LogP contribution in [0.4, 0.5) is 5.69 Å². The van der Waals surface area contributed by atoms with Crippen LogP contribution in [-0.2, 0) is 6.61 Å². The highest BCUT2D eigenvalue weighted by Crippen LogP contribution is 2.32. The van der Waals surface area contributed by atoms with Crippen LogP contribution in [0.15, 0.2) is 53.9 Å². The topological polar surface area (TPSA) is 74.5 Å². The van der Waals surface area contributed by atoms with E-state index in [-0.39, 0.29) is 12.3 Å². The molecule has 1 heterocycles. The van der Waals surface area contributed by atoms with Gasteiger partial charge in [0, 0.05) is 11.4 Å². The largest absolute Gasteiger partial charge is 0.496 e. The number of ether oxygens (including phenoxy) is 2. The second kappa shape index (κ2) is 7.10. The Morgan fingerprint density at radius 2 is 2.04 bits per heavy atom. The number of hydrogen-bond acceptors (Lipinski definition) is 6. The molecule has 24 heavy (non-hydrogen) atoms. The zero-order chi connectivity index (χ0) is 16.9. The van der Waals surface area contributed by atoms with Gasteiger partial charge in [0.2, 0.25) is 0 Å². The molecule has 2 aromatic carbocycles. The predicted molar refractivity (Wildman–Crippen MR) is 91.5 cm³/mol. The third-order valence-corrected chi connectivity index (χ3v) is 4.23. The first-order valence-corrected chi connectivity index (χ1v) is 8.00. The summed E-state index contributed by atoms with van der Waals surface area (Å²) in [5.41, 5.74) is 1.68. The Bertz CT molecular complexity index is 863. The van der Waals surface area contributed by atoms with Crippen LogP contribution in [0.2, 0.25) is 0 Å². The molecular formula is C17H14N2O4S. The fourth-order valence-corrected chi connectivity index (χ4v) is 3.00. The SMILES string of the molecule is COc1ccccc1-c1nc(COc2cccc([N+](=O)[O-])c2)cs1. The van der Waals surface area contributed by atoms with Gasteiger partial charge in [-0.05, 0) is 18.2 Å². The number of methoxy groups -OCH3 is 1. The van der Waals surface area contributed by atoms with Crippen LogP contribution < -0.4 is 9.47 Å². The maximum absolute atomic E-state index is 10.8. The average molecular weight is 342 g/mol. The number of nitro benzene ring substituents is 1. The molecule has 3 rings (SSSR count). The molecule has 0 aliphatic rings. The maximum Gasteiger partial charge on any atom is 0.273 e. The van der Waals surface area contributed by atoms with Crippen molar-refractivity contribution in [3.05, 3.63) is 69.7 Å². The van der Waals surface area contributed by atoms with E-state index in [1.165, 1.54) is 23.5 Å². The molecule has 0 N–H and O–H groups in total. The van der Waals surface area contributed by atoms with Crippen molar-refractivity contribution in [1.29, 1.82) is 0 Å². The Morgan fingerprint density at radius 3 is 2.83 bits per heavy atom. The highest BCUT2D eigenvalue weighted by Gasteiger charge is 2.11. The van der Waals surface area contributed by atoms with E-state index in [0.29, 0.717) is 5.75 Å². The smallest absolute Gasteiger partial charge is 0.273 e. The summed E-state index contributed by atoms with van der Waals surface area (Å²) < 4.78 is 10.9. The summed E-state index contributed by atoms with van der Waals surface area (Å²) in [5, 5.41) is 13.5. The summed E-state index contributed by atoms with van der Waals surface area (Å²) in [6.45, 7) is 0.243. The molecule has 0 spiro atoms. The third kappa shape index (κ3) is 3.52. The first-order valence-electron chi connectivity index (χ1n) is 7.12. The number of rotatable bonds is 6. The van der Waals surface area contributed by atoms with Crippen molar-refractivity contribution in [3.8, 4) is 22.1 Å². The minimum atomic E-state index is -0.449. The average Bonchev–Trinajstić information content (AvgIpc) is 3.09. The molecule has 0 amide bonds. The van der Waals surface area contributed by atoms with Crippen LogP contribution in [0.3, 0.4) is 0 Å².